The molecule has 0 atom stereocenters. The van der Waals surface area contributed by atoms with Gasteiger partial charge in [0.05, 0.1) is 11.0 Å². The predicted molar refractivity (Wildman–Crippen MR) is 278 cm³/mol. The molecule has 6 nitrogen and oxygen atoms in total. The minimum atomic E-state index is -0.207. The van der Waals surface area contributed by atoms with Crippen LogP contribution in [0.25, 0.3) is 138 Å². The standard InChI is InChI=1S/C62H38N4O2/c1-62(2)50-31-26-35-12-3-5-14-40(35)56(50)49-30-23-37(32-51(49)62)42-18-11-19-47-48-29-22-36-13-4-6-15-41(36)57(48)66(58(42)47)61-64-59(38-24-27-45-43-16-7-9-20-52(43)67-54(45)33-38)63-60(65-61)39-25-28-46-44-17-8-10-21-53(44)68-55(46)34-39/h3-34H,1-2H3. The Kier molecular flexibility index (Phi) is 7.47. The van der Waals surface area contributed by atoms with Crippen molar-refractivity contribution >= 4 is 87.2 Å². The fourth-order valence-electron chi connectivity index (χ4n) is 11.4. The number of benzene rings is 10. The Balaban J connectivity index is 1.02. The van der Waals surface area contributed by atoms with Gasteiger partial charge in [0.1, 0.15) is 22.3 Å². The molecule has 68 heavy (non-hydrogen) atoms. The number of fused-ring (bicyclic) bond motifs is 16. The summed E-state index contributed by atoms with van der Waals surface area (Å²) in [5.74, 6) is 1.59. The van der Waals surface area contributed by atoms with Crippen molar-refractivity contribution in [1.29, 1.82) is 0 Å². The van der Waals surface area contributed by atoms with Crippen LogP contribution in [0.2, 0.25) is 0 Å². The van der Waals surface area contributed by atoms with Crippen LogP contribution in [0.1, 0.15) is 25.0 Å². The van der Waals surface area contributed by atoms with Crippen molar-refractivity contribution < 1.29 is 8.83 Å². The van der Waals surface area contributed by atoms with Gasteiger partial charge < -0.3 is 8.83 Å². The van der Waals surface area contributed by atoms with Gasteiger partial charge in [-0.1, -0.05) is 166 Å². The van der Waals surface area contributed by atoms with Gasteiger partial charge in [0.15, 0.2) is 11.6 Å². The first-order valence-electron chi connectivity index (χ1n) is 23.2. The zero-order valence-electron chi connectivity index (χ0n) is 37.1. The van der Waals surface area contributed by atoms with Crippen molar-refractivity contribution in [2.75, 3.05) is 0 Å². The number of hydrogen-bond acceptors (Lipinski definition) is 5. The highest BCUT2D eigenvalue weighted by Crippen LogP contribution is 2.53. The zero-order valence-corrected chi connectivity index (χ0v) is 37.1. The molecule has 0 amide bonds. The molecular weight excluding hydrogens is 833 g/mol. The van der Waals surface area contributed by atoms with Crippen LogP contribution in [0.5, 0.6) is 0 Å². The summed E-state index contributed by atoms with van der Waals surface area (Å²) < 4.78 is 15.2. The van der Waals surface area contributed by atoms with E-state index in [0.717, 1.165) is 98.7 Å². The van der Waals surface area contributed by atoms with Gasteiger partial charge in [0.2, 0.25) is 5.95 Å². The predicted octanol–water partition coefficient (Wildman–Crippen LogP) is 16.4. The van der Waals surface area contributed by atoms with E-state index < -0.39 is 0 Å². The lowest BCUT2D eigenvalue weighted by Crippen LogP contribution is -2.15. The SMILES string of the molecule is CC1(C)c2cc(-c3cccc4c5ccc6ccccc6c5n(-c5nc(-c6ccc7c(c6)oc6ccccc67)nc(-c6ccc7c(c6)oc6ccccc67)n5)c34)ccc2-c2c1ccc1ccccc21. The second-order valence-electron chi connectivity index (χ2n) is 18.7. The lowest BCUT2D eigenvalue weighted by Gasteiger charge is -2.22. The lowest BCUT2D eigenvalue weighted by molar-refractivity contribution is 0.661. The summed E-state index contributed by atoms with van der Waals surface area (Å²) in [5, 5.41) is 11.3. The molecule has 0 bridgehead atoms. The Bertz CT molecular complexity index is 4360. The fourth-order valence-corrected chi connectivity index (χ4v) is 11.4. The third-order valence-corrected chi connectivity index (χ3v) is 14.6. The van der Waals surface area contributed by atoms with Gasteiger partial charge >= 0.3 is 0 Å². The molecule has 0 aliphatic heterocycles. The maximum absolute atomic E-state index is 6.44. The van der Waals surface area contributed by atoms with E-state index in [9.17, 15) is 0 Å². The van der Waals surface area contributed by atoms with E-state index >= 15 is 0 Å². The first-order valence-corrected chi connectivity index (χ1v) is 23.2. The average Bonchev–Trinajstić information content (AvgIpc) is 4.12. The fraction of sp³-hybridized carbons (Fsp3) is 0.0484. The van der Waals surface area contributed by atoms with Crippen molar-refractivity contribution in [1.82, 2.24) is 19.5 Å². The zero-order chi connectivity index (χ0) is 44.8. The summed E-state index contributed by atoms with van der Waals surface area (Å²) >= 11 is 0. The summed E-state index contributed by atoms with van der Waals surface area (Å²) in [6.45, 7) is 4.72. The minimum absolute atomic E-state index is 0.207. The summed E-state index contributed by atoms with van der Waals surface area (Å²) in [6.07, 6.45) is 0. The molecule has 0 spiro atoms. The Morgan fingerprint density at radius 1 is 0.368 bits per heavy atom. The van der Waals surface area contributed by atoms with Crippen LogP contribution in [0.3, 0.4) is 0 Å². The monoisotopic (exact) mass is 870 g/mol. The van der Waals surface area contributed by atoms with Gasteiger partial charge in [-0.25, -0.2) is 4.98 Å². The van der Waals surface area contributed by atoms with Crippen LogP contribution in [-0.4, -0.2) is 19.5 Å². The molecule has 4 heterocycles. The second-order valence-corrected chi connectivity index (χ2v) is 18.7. The van der Waals surface area contributed by atoms with Crippen molar-refractivity contribution in [3.63, 3.8) is 0 Å². The normalized spacial score (nSPS) is 13.3. The number of hydrogen-bond donors (Lipinski definition) is 0. The first-order chi connectivity index (χ1) is 33.4. The number of rotatable bonds is 4. The van der Waals surface area contributed by atoms with Crippen molar-refractivity contribution in [2.24, 2.45) is 0 Å². The van der Waals surface area contributed by atoms with Gasteiger partial charge in [-0.2, -0.15) is 9.97 Å². The molecule has 0 saturated carbocycles. The van der Waals surface area contributed by atoms with Gasteiger partial charge in [-0.05, 0) is 86.4 Å². The Morgan fingerprint density at radius 2 is 0.897 bits per heavy atom. The van der Waals surface area contributed by atoms with Crippen molar-refractivity contribution in [3.05, 3.63) is 205 Å². The summed E-state index contributed by atoms with van der Waals surface area (Å²) in [7, 11) is 0. The van der Waals surface area contributed by atoms with Gasteiger partial charge in [0, 0.05) is 59.8 Å². The molecule has 0 radical (unpaired) electrons. The van der Waals surface area contributed by atoms with E-state index in [1.807, 2.05) is 36.4 Å². The first kappa shape index (κ1) is 37.4. The number of para-hydroxylation sites is 3. The third kappa shape index (κ3) is 5.20. The molecule has 0 unspecified atom stereocenters. The van der Waals surface area contributed by atoms with E-state index in [1.165, 1.54) is 33.0 Å². The van der Waals surface area contributed by atoms with Gasteiger partial charge in [0.25, 0.3) is 0 Å². The number of aromatic nitrogens is 4. The van der Waals surface area contributed by atoms with E-state index in [2.05, 4.69) is 176 Å². The Labute approximate surface area is 389 Å². The molecule has 4 aromatic heterocycles. The molecular formula is C62H38N4O2. The highest BCUT2D eigenvalue weighted by Gasteiger charge is 2.37. The molecule has 1 aliphatic carbocycles. The molecule has 10 aromatic carbocycles. The van der Waals surface area contributed by atoms with E-state index in [1.54, 1.807) is 0 Å². The van der Waals surface area contributed by atoms with Gasteiger partial charge in [-0.15, -0.1) is 0 Å². The maximum atomic E-state index is 6.44. The van der Waals surface area contributed by atoms with E-state index in [0.29, 0.717) is 17.6 Å². The highest BCUT2D eigenvalue weighted by molar-refractivity contribution is 6.21. The molecule has 0 fully saturated rings. The van der Waals surface area contributed by atoms with Crippen LogP contribution in [0.15, 0.2) is 203 Å². The average molecular weight is 871 g/mol. The molecule has 14 aromatic rings. The Morgan fingerprint density at radius 3 is 1.59 bits per heavy atom. The van der Waals surface area contributed by atoms with Crippen LogP contribution in [0, 0.1) is 0 Å². The molecule has 0 saturated heterocycles. The summed E-state index contributed by atoms with van der Waals surface area (Å²) in [4.78, 5) is 16.3. The Hall–Kier alpha value is -8.87. The topological polar surface area (TPSA) is 69.9 Å². The molecule has 1 aliphatic rings. The molecule has 0 N–H and O–H groups in total. The van der Waals surface area contributed by atoms with Crippen LogP contribution in [-0.2, 0) is 5.41 Å². The van der Waals surface area contributed by atoms with Crippen molar-refractivity contribution in [3.8, 4) is 51.0 Å². The van der Waals surface area contributed by atoms with Crippen LogP contribution < -0.4 is 0 Å². The van der Waals surface area contributed by atoms with Crippen LogP contribution in [0.4, 0.5) is 0 Å². The maximum Gasteiger partial charge on any atom is 0.238 e. The van der Waals surface area contributed by atoms with E-state index in [4.69, 9.17) is 23.8 Å². The largest absolute Gasteiger partial charge is 0.456 e. The minimum Gasteiger partial charge on any atom is -0.456 e. The molecule has 15 rings (SSSR count). The quantitative estimate of drug-likeness (QED) is 0.176. The summed E-state index contributed by atoms with van der Waals surface area (Å²) in [5.41, 5.74) is 14.3. The molecule has 6 heteroatoms. The second kappa shape index (κ2) is 13.6. The molecule has 318 valence electrons. The third-order valence-electron chi connectivity index (χ3n) is 14.6. The van der Waals surface area contributed by atoms with Crippen molar-refractivity contribution in [2.45, 2.75) is 19.3 Å². The number of furan rings is 2. The lowest BCUT2D eigenvalue weighted by atomic mass is 9.81. The van der Waals surface area contributed by atoms with E-state index in [-0.39, 0.29) is 5.41 Å². The smallest absolute Gasteiger partial charge is 0.238 e. The van der Waals surface area contributed by atoms with Gasteiger partial charge in [-0.3, -0.25) is 4.57 Å². The summed E-state index contributed by atoms with van der Waals surface area (Å²) in [6, 6.07) is 69.0. The van der Waals surface area contributed by atoms with Crippen LogP contribution >= 0.6 is 0 Å². The number of nitrogens with zero attached hydrogens (tertiary/aromatic N) is 4. The highest BCUT2D eigenvalue weighted by atomic mass is 16.3.